The monoisotopic (exact) mass is 414 g/mol. The van der Waals surface area contributed by atoms with Gasteiger partial charge in [-0.05, 0) is 32.1 Å². The van der Waals surface area contributed by atoms with E-state index in [0.29, 0.717) is 17.4 Å². The molecule has 2 atom stereocenters. The van der Waals surface area contributed by atoms with Crippen molar-refractivity contribution in [3.63, 3.8) is 0 Å². The zero-order valence-corrected chi connectivity index (χ0v) is 17.1. The quantitative estimate of drug-likeness (QED) is 0.399. The van der Waals surface area contributed by atoms with E-state index < -0.39 is 23.6 Å². The Hall–Kier alpha value is -2.10. The molecule has 0 saturated heterocycles. The first-order valence-corrected chi connectivity index (χ1v) is 9.13. The van der Waals surface area contributed by atoms with Crippen LogP contribution in [0, 0.1) is 11.6 Å². The highest BCUT2D eigenvalue weighted by Crippen LogP contribution is 2.33. The van der Waals surface area contributed by atoms with Gasteiger partial charge in [0.05, 0.1) is 30.9 Å². The van der Waals surface area contributed by atoms with Crippen molar-refractivity contribution in [1.82, 2.24) is 10.2 Å². The minimum absolute atomic E-state index is 0.0444. The van der Waals surface area contributed by atoms with Crippen LogP contribution in [0.1, 0.15) is 25.5 Å². The molecular formula is C19H24F2N2O4S. The minimum atomic E-state index is -0.908. The summed E-state index contributed by atoms with van der Waals surface area (Å²) in [5.74, 6) is -2.12. The standard InChI is InChI=1S/C19H24F2N2O4S/c1-11(10-26-4)23-12(2)16(18(24)27-8-7-25-3)17(22-19(23)28)14-6-5-13(20)9-15(14)21/h5-6,9,11,17H,7-8,10H2,1-4H3,(H,22,28)/t11-,17-/m1/s1. The van der Waals surface area contributed by atoms with E-state index in [0.717, 1.165) is 12.1 Å². The third-order valence-corrected chi connectivity index (χ3v) is 4.70. The Kier molecular flexibility index (Phi) is 7.85. The molecule has 1 aromatic carbocycles. The molecule has 0 fully saturated rings. The molecule has 9 heteroatoms. The summed E-state index contributed by atoms with van der Waals surface area (Å²) in [4.78, 5) is 14.5. The number of hydrogen-bond donors (Lipinski definition) is 1. The third kappa shape index (κ3) is 4.84. The summed E-state index contributed by atoms with van der Waals surface area (Å²) < 4.78 is 43.2. The van der Waals surface area contributed by atoms with E-state index in [4.69, 9.17) is 26.4 Å². The molecular weight excluding hydrogens is 390 g/mol. The molecule has 0 amide bonds. The van der Waals surface area contributed by atoms with Gasteiger partial charge in [-0.15, -0.1) is 0 Å². The number of rotatable bonds is 8. The lowest BCUT2D eigenvalue weighted by atomic mass is 9.94. The maximum atomic E-state index is 14.5. The summed E-state index contributed by atoms with van der Waals surface area (Å²) in [5.41, 5.74) is 0.809. The minimum Gasteiger partial charge on any atom is -0.460 e. The lowest BCUT2D eigenvalue weighted by molar-refractivity contribution is -0.140. The molecule has 1 heterocycles. The molecule has 0 unspecified atom stereocenters. The smallest absolute Gasteiger partial charge is 0.338 e. The number of carbonyl (C=O) groups excluding carboxylic acids is 1. The molecule has 0 radical (unpaired) electrons. The highest BCUT2D eigenvalue weighted by molar-refractivity contribution is 7.80. The highest BCUT2D eigenvalue weighted by atomic mass is 32.1. The number of nitrogens with one attached hydrogen (secondary N) is 1. The van der Waals surface area contributed by atoms with E-state index in [1.807, 2.05) is 6.92 Å². The maximum absolute atomic E-state index is 14.5. The highest BCUT2D eigenvalue weighted by Gasteiger charge is 2.37. The number of hydrogen-bond acceptors (Lipinski definition) is 5. The largest absolute Gasteiger partial charge is 0.460 e. The zero-order valence-electron chi connectivity index (χ0n) is 16.3. The number of methoxy groups -OCH3 is 2. The van der Waals surface area contributed by atoms with Crippen molar-refractivity contribution in [2.24, 2.45) is 0 Å². The lowest BCUT2D eigenvalue weighted by Crippen LogP contribution is -2.52. The Labute approximate surface area is 168 Å². The summed E-state index contributed by atoms with van der Waals surface area (Å²) in [6.45, 7) is 4.22. The molecule has 1 aromatic rings. The average molecular weight is 414 g/mol. The van der Waals surface area contributed by atoms with Crippen molar-refractivity contribution in [3.8, 4) is 0 Å². The average Bonchev–Trinajstić information content (AvgIpc) is 2.61. The van der Waals surface area contributed by atoms with Gasteiger partial charge in [-0.3, -0.25) is 0 Å². The summed E-state index contributed by atoms with van der Waals surface area (Å²) in [6.07, 6.45) is 0. The molecule has 1 aliphatic rings. The van der Waals surface area contributed by atoms with Crippen LogP contribution in [0.25, 0.3) is 0 Å². The topological polar surface area (TPSA) is 60.0 Å². The normalized spacial score (nSPS) is 18.1. The number of esters is 1. The van der Waals surface area contributed by atoms with Gasteiger partial charge in [0.25, 0.3) is 0 Å². The van der Waals surface area contributed by atoms with Crippen molar-refractivity contribution < 1.29 is 27.8 Å². The Morgan fingerprint density at radius 2 is 2.00 bits per heavy atom. The van der Waals surface area contributed by atoms with Crippen molar-refractivity contribution in [1.29, 1.82) is 0 Å². The second kappa shape index (κ2) is 9.90. The Balaban J connectivity index is 2.50. The molecule has 6 nitrogen and oxygen atoms in total. The fourth-order valence-electron chi connectivity index (χ4n) is 3.13. The van der Waals surface area contributed by atoms with Crippen LogP contribution >= 0.6 is 12.2 Å². The Morgan fingerprint density at radius 1 is 1.29 bits per heavy atom. The molecule has 0 aromatic heterocycles. The number of halogens is 2. The molecule has 0 bridgehead atoms. The van der Waals surface area contributed by atoms with E-state index in [-0.39, 0.29) is 30.4 Å². The third-order valence-electron chi connectivity index (χ3n) is 4.39. The Bertz CT molecular complexity index is 772. The number of benzene rings is 1. The van der Waals surface area contributed by atoms with Gasteiger partial charge >= 0.3 is 5.97 Å². The van der Waals surface area contributed by atoms with Crippen LogP contribution in [-0.2, 0) is 19.0 Å². The van der Waals surface area contributed by atoms with Crippen molar-refractivity contribution in [2.45, 2.75) is 25.9 Å². The van der Waals surface area contributed by atoms with Crippen LogP contribution in [0.15, 0.2) is 29.5 Å². The number of nitrogens with zero attached hydrogens (tertiary/aromatic N) is 1. The molecule has 0 aliphatic carbocycles. The van der Waals surface area contributed by atoms with Crippen LogP contribution in [0.5, 0.6) is 0 Å². The number of allylic oxidation sites excluding steroid dienone is 1. The van der Waals surface area contributed by atoms with Crippen LogP contribution in [0.3, 0.4) is 0 Å². The molecule has 0 saturated carbocycles. The first-order chi connectivity index (χ1) is 13.3. The predicted octanol–water partition coefficient (Wildman–Crippen LogP) is 2.69. The van der Waals surface area contributed by atoms with Gasteiger partial charge in [0.15, 0.2) is 5.11 Å². The Morgan fingerprint density at radius 3 is 2.61 bits per heavy atom. The molecule has 1 aliphatic heterocycles. The summed E-state index contributed by atoms with van der Waals surface area (Å²) in [7, 11) is 3.05. The van der Waals surface area contributed by atoms with Gasteiger partial charge in [-0.25, -0.2) is 13.6 Å². The predicted molar refractivity (Wildman–Crippen MR) is 104 cm³/mol. The summed E-state index contributed by atoms with van der Waals surface area (Å²) in [5, 5.41) is 3.29. The van der Waals surface area contributed by atoms with Gasteiger partial charge in [-0.1, -0.05) is 6.07 Å². The van der Waals surface area contributed by atoms with Crippen LogP contribution in [-0.4, -0.2) is 56.1 Å². The van der Waals surface area contributed by atoms with Crippen molar-refractivity contribution in [2.75, 3.05) is 34.0 Å². The first-order valence-electron chi connectivity index (χ1n) is 8.72. The number of ether oxygens (including phenoxy) is 3. The molecule has 28 heavy (non-hydrogen) atoms. The van der Waals surface area contributed by atoms with E-state index in [9.17, 15) is 13.6 Å². The SMILES string of the molecule is COCCOC(=O)C1=C(C)N([C@H](C)COC)C(=S)N[C@@H]1c1ccc(F)cc1F. The van der Waals surface area contributed by atoms with Gasteiger partial charge in [0.1, 0.15) is 18.2 Å². The van der Waals surface area contributed by atoms with Crippen LogP contribution in [0.2, 0.25) is 0 Å². The van der Waals surface area contributed by atoms with Crippen LogP contribution in [0.4, 0.5) is 8.78 Å². The fraction of sp³-hybridized carbons (Fsp3) is 0.474. The second-order valence-electron chi connectivity index (χ2n) is 6.35. The van der Waals surface area contributed by atoms with E-state index in [1.165, 1.54) is 13.2 Å². The van der Waals surface area contributed by atoms with E-state index in [1.54, 1.807) is 18.9 Å². The van der Waals surface area contributed by atoms with Crippen molar-refractivity contribution in [3.05, 3.63) is 46.7 Å². The zero-order chi connectivity index (χ0) is 20.8. The van der Waals surface area contributed by atoms with E-state index in [2.05, 4.69) is 5.32 Å². The fourth-order valence-corrected chi connectivity index (χ4v) is 3.57. The number of carbonyl (C=O) groups is 1. The summed E-state index contributed by atoms with van der Waals surface area (Å²) >= 11 is 5.44. The van der Waals surface area contributed by atoms with Gasteiger partial charge in [0.2, 0.25) is 0 Å². The van der Waals surface area contributed by atoms with Gasteiger partial charge in [-0.2, -0.15) is 0 Å². The first kappa shape index (κ1) is 22.2. The van der Waals surface area contributed by atoms with Crippen molar-refractivity contribution >= 4 is 23.3 Å². The second-order valence-corrected chi connectivity index (χ2v) is 6.74. The molecule has 1 N–H and O–H groups in total. The van der Waals surface area contributed by atoms with Crippen LogP contribution < -0.4 is 5.32 Å². The van der Waals surface area contributed by atoms with Gasteiger partial charge in [0, 0.05) is 31.5 Å². The van der Waals surface area contributed by atoms with Gasteiger partial charge < -0.3 is 24.4 Å². The molecule has 2 rings (SSSR count). The lowest BCUT2D eigenvalue weighted by Gasteiger charge is -2.40. The number of thiocarbonyl (C=S) groups is 1. The maximum Gasteiger partial charge on any atom is 0.338 e. The molecule has 154 valence electrons. The molecule has 0 spiro atoms. The van der Waals surface area contributed by atoms with E-state index >= 15 is 0 Å². The summed E-state index contributed by atoms with van der Waals surface area (Å²) in [6, 6.07) is 2.10.